The molecular weight excluding hydrogens is 452 g/mol. The first-order valence-corrected chi connectivity index (χ1v) is 12.3. The molecule has 0 N–H and O–H groups in total. The number of benzene rings is 2. The third-order valence-electron chi connectivity index (χ3n) is 5.79. The Kier molecular flexibility index (Phi) is 6.44. The van der Waals surface area contributed by atoms with E-state index < -0.39 is 5.25 Å². The smallest absolute Gasteiger partial charge is 0.324 e. The number of aromatic nitrogens is 4. The monoisotopic (exact) mass is 476 g/mol. The zero-order valence-electron chi connectivity index (χ0n) is 18.8. The number of esters is 1. The van der Waals surface area contributed by atoms with Crippen LogP contribution in [0.25, 0.3) is 22.4 Å². The molecule has 3 heterocycles. The van der Waals surface area contributed by atoms with Crippen molar-refractivity contribution in [2.24, 2.45) is 0 Å². The maximum absolute atomic E-state index is 13.0. The maximum atomic E-state index is 13.0. The molecule has 0 aliphatic carbocycles. The molecule has 1 aliphatic heterocycles. The van der Waals surface area contributed by atoms with Crippen LogP contribution in [0.5, 0.6) is 0 Å². The van der Waals surface area contributed by atoms with Gasteiger partial charge in [0.15, 0.2) is 0 Å². The van der Waals surface area contributed by atoms with Crippen LogP contribution in [0.1, 0.15) is 42.8 Å². The Morgan fingerprint density at radius 1 is 1.15 bits per heavy atom. The summed E-state index contributed by atoms with van der Waals surface area (Å²) in [5.41, 5.74) is 2.08. The van der Waals surface area contributed by atoms with Crippen LogP contribution in [-0.4, -0.2) is 32.3 Å². The lowest BCUT2D eigenvalue weighted by Gasteiger charge is -2.13. The number of thioether (sulfide) groups is 1. The van der Waals surface area contributed by atoms with Gasteiger partial charge in [-0.15, -0.1) is 10.2 Å². The molecule has 0 radical (unpaired) electrons. The summed E-state index contributed by atoms with van der Waals surface area (Å²) in [6, 6.07) is 14.7. The van der Waals surface area contributed by atoms with Gasteiger partial charge in [0.2, 0.25) is 5.89 Å². The zero-order chi connectivity index (χ0) is 23.5. The van der Waals surface area contributed by atoms with Gasteiger partial charge in [0.1, 0.15) is 11.1 Å². The fourth-order valence-corrected chi connectivity index (χ4v) is 5.00. The van der Waals surface area contributed by atoms with Crippen molar-refractivity contribution in [3.05, 3.63) is 70.3 Å². The van der Waals surface area contributed by atoms with E-state index in [1.807, 2.05) is 36.4 Å². The Labute approximate surface area is 200 Å². The standard InChI is InChI=1S/C25H24N4O4S/c1-2-32-24(31)21(16-9-5-3-6-10-16)34-25-28-27-22(33-25)17-12-13-18-19(15-17)26-20-11-7-4-8-14-29(20)23(18)30/h3,5-6,9-10,12-13,15,21H,2,4,7-8,11,14H2,1H3. The SMILES string of the molecule is CCOC(=O)C(Sc1nnc(-c2ccc3c(=O)n4c(nc3c2)CCCCC4)o1)c1ccccc1. The summed E-state index contributed by atoms with van der Waals surface area (Å²) in [6.45, 7) is 2.77. The molecule has 1 unspecified atom stereocenters. The second kappa shape index (κ2) is 9.80. The van der Waals surface area contributed by atoms with Crippen LogP contribution in [0.4, 0.5) is 0 Å². The molecule has 4 aromatic rings. The first-order valence-electron chi connectivity index (χ1n) is 11.4. The van der Waals surface area contributed by atoms with Crippen molar-refractivity contribution in [1.29, 1.82) is 0 Å². The van der Waals surface area contributed by atoms with Gasteiger partial charge in [-0.1, -0.05) is 36.8 Å². The van der Waals surface area contributed by atoms with Gasteiger partial charge in [0.25, 0.3) is 10.8 Å². The number of hydrogen-bond donors (Lipinski definition) is 0. The fourth-order valence-electron chi connectivity index (χ4n) is 4.12. The topological polar surface area (TPSA) is 100 Å². The second-order valence-corrected chi connectivity index (χ2v) is 9.12. The van der Waals surface area contributed by atoms with Gasteiger partial charge >= 0.3 is 5.97 Å². The zero-order valence-corrected chi connectivity index (χ0v) is 19.6. The Morgan fingerprint density at radius 3 is 2.82 bits per heavy atom. The minimum atomic E-state index is -0.622. The van der Waals surface area contributed by atoms with Crippen LogP contribution < -0.4 is 5.56 Å². The number of hydrogen-bond acceptors (Lipinski definition) is 8. The number of nitrogens with zero attached hydrogens (tertiary/aromatic N) is 4. The van der Waals surface area contributed by atoms with Crippen LogP contribution in [0.3, 0.4) is 0 Å². The second-order valence-electron chi connectivity index (χ2n) is 8.06. The highest BCUT2D eigenvalue weighted by atomic mass is 32.2. The molecule has 5 rings (SSSR count). The molecule has 9 heteroatoms. The van der Waals surface area contributed by atoms with Crippen LogP contribution in [0, 0.1) is 0 Å². The van der Waals surface area contributed by atoms with E-state index in [1.54, 1.807) is 23.6 Å². The molecule has 174 valence electrons. The van der Waals surface area contributed by atoms with Crippen LogP contribution in [-0.2, 0) is 22.5 Å². The molecular formula is C25H24N4O4S. The molecule has 0 fully saturated rings. The summed E-state index contributed by atoms with van der Waals surface area (Å²) in [6.07, 6.45) is 3.93. The summed E-state index contributed by atoms with van der Waals surface area (Å²) >= 11 is 1.15. The Bertz CT molecular complexity index is 1380. The Hall–Kier alpha value is -3.46. The molecule has 0 spiro atoms. The lowest BCUT2D eigenvalue weighted by Crippen LogP contribution is -2.24. The van der Waals surface area contributed by atoms with E-state index in [0.29, 0.717) is 28.9 Å². The summed E-state index contributed by atoms with van der Waals surface area (Å²) in [5, 5.41) is 8.52. The van der Waals surface area contributed by atoms with E-state index in [0.717, 1.165) is 48.8 Å². The Morgan fingerprint density at radius 2 is 2.00 bits per heavy atom. The lowest BCUT2D eigenvalue weighted by molar-refractivity contribution is -0.142. The quantitative estimate of drug-likeness (QED) is 0.295. The lowest BCUT2D eigenvalue weighted by atomic mass is 10.1. The van der Waals surface area contributed by atoms with Crippen molar-refractivity contribution in [3.8, 4) is 11.5 Å². The van der Waals surface area contributed by atoms with E-state index in [1.165, 1.54) is 0 Å². The van der Waals surface area contributed by atoms with Gasteiger partial charge in [0.05, 0.1) is 17.5 Å². The van der Waals surface area contributed by atoms with Gasteiger partial charge in [0, 0.05) is 18.5 Å². The third kappa shape index (κ3) is 4.48. The number of carbonyl (C=O) groups excluding carboxylic acids is 1. The van der Waals surface area contributed by atoms with Crippen LogP contribution in [0.15, 0.2) is 63.0 Å². The first-order chi connectivity index (χ1) is 16.6. The molecule has 0 amide bonds. The number of ether oxygens (including phenoxy) is 1. The largest absolute Gasteiger partial charge is 0.465 e. The number of aryl methyl sites for hydroxylation is 1. The van der Waals surface area contributed by atoms with Crippen molar-refractivity contribution in [2.45, 2.75) is 49.6 Å². The summed E-state index contributed by atoms with van der Waals surface area (Å²) in [4.78, 5) is 30.3. The number of rotatable bonds is 6. The average molecular weight is 477 g/mol. The highest BCUT2D eigenvalue weighted by molar-refractivity contribution is 8.00. The fraction of sp³-hybridized carbons (Fsp3) is 0.320. The molecule has 0 saturated heterocycles. The van der Waals surface area contributed by atoms with Crippen molar-refractivity contribution < 1.29 is 13.9 Å². The molecule has 2 aromatic heterocycles. The van der Waals surface area contributed by atoms with Crippen molar-refractivity contribution in [1.82, 2.24) is 19.7 Å². The molecule has 1 atom stereocenters. The summed E-state index contributed by atoms with van der Waals surface area (Å²) < 4.78 is 12.9. The highest BCUT2D eigenvalue weighted by Crippen LogP contribution is 2.36. The van der Waals surface area contributed by atoms with Crippen molar-refractivity contribution in [2.75, 3.05) is 6.61 Å². The van der Waals surface area contributed by atoms with Gasteiger partial charge in [-0.25, -0.2) is 4.98 Å². The van der Waals surface area contributed by atoms with E-state index in [9.17, 15) is 9.59 Å². The summed E-state index contributed by atoms with van der Waals surface area (Å²) in [5.74, 6) is 0.764. The molecule has 1 aliphatic rings. The van der Waals surface area contributed by atoms with E-state index in [2.05, 4.69) is 10.2 Å². The van der Waals surface area contributed by atoms with Gasteiger partial charge in [-0.3, -0.25) is 14.2 Å². The van der Waals surface area contributed by atoms with Gasteiger partial charge < -0.3 is 9.15 Å². The van der Waals surface area contributed by atoms with Crippen molar-refractivity contribution >= 4 is 28.6 Å². The molecule has 2 aromatic carbocycles. The van der Waals surface area contributed by atoms with E-state index in [4.69, 9.17) is 14.1 Å². The number of fused-ring (bicyclic) bond motifs is 2. The highest BCUT2D eigenvalue weighted by Gasteiger charge is 2.26. The minimum absolute atomic E-state index is 0.00429. The molecule has 34 heavy (non-hydrogen) atoms. The Balaban J connectivity index is 1.45. The predicted octanol–water partition coefficient (Wildman–Crippen LogP) is 4.57. The minimum Gasteiger partial charge on any atom is -0.465 e. The molecule has 8 nitrogen and oxygen atoms in total. The first kappa shape index (κ1) is 22.3. The van der Waals surface area contributed by atoms with Gasteiger partial charge in [-0.05, 0) is 55.3 Å². The predicted molar refractivity (Wildman–Crippen MR) is 129 cm³/mol. The van der Waals surface area contributed by atoms with Crippen LogP contribution in [0.2, 0.25) is 0 Å². The third-order valence-corrected chi connectivity index (χ3v) is 6.86. The maximum Gasteiger partial charge on any atom is 0.324 e. The summed E-state index contributed by atoms with van der Waals surface area (Å²) in [7, 11) is 0. The van der Waals surface area contributed by atoms with E-state index in [-0.39, 0.29) is 23.4 Å². The van der Waals surface area contributed by atoms with Crippen LogP contribution >= 0.6 is 11.8 Å². The van der Waals surface area contributed by atoms with Gasteiger partial charge in [-0.2, -0.15) is 0 Å². The molecule has 0 bridgehead atoms. The average Bonchev–Trinajstić information content (AvgIpc) is 3.20. The van der Waals surface area contributed by atoms with Crippen molar-refractivity contribution in [3.63, 3.8) is 0 Å². The van der Waals surface area contributed by atoms with E-state index >= 15 is 0 Å². The molecule has 0 saturated carbocycles. The normalized spacial score (nSPS) is 14.4. The number of carbonyl (C=O) groups is 1.